The maximum absolute atomic E-state index is 13.0. The number of aromatic nitrogens is 1. The van der Waals surface area contributed by atoms with Gasteiger partial charge in [0.15, 0.2) is 5.13 Å². The zero-order valence-electron chi connectivity index (χ0n) is 16.2. The van der Waals surface area contributed by atoms with Crippen molar-refractivity contribution in [3.8, 4) is 0 Å². The molecule has 0 unspecified atom stereocenters. The Morgan fingerprint density at radius 1 is 1.19 bits per heavy atom. The molecule has 0 atom stereocenters. The molecule has 0 aliphatic heterocycles. The Hall–Kier alpha value is -1.47. The largest absolute Gasteiger partial charge is 0.309 e. The molecule has 0 spiro atoms. The molecule has 0 bridgehead atoms. The van der Waals surface area contributed by atoms with Crippen molar-refractivity contribution in [2.45, 2.75) is 26.7 Å². The van der Waals surface area contributed by atoms with Crippen LogP contribution in [0.5, 0.6) is 0 Å². The number of aryl methyl sites for hydroxylation is 2. The van der Waals surface area contributed by atoms with Crippen LogP contribution in [-0.4, -0.2) is 43.0 Å². The van der Waals surface area contributed by atoms with E-state index in [0.717, 1.165) is 33.2 Å². The average Bonchev–Trinajstić information content (AvgIpc) is 3.20. The monoisotopic (exact) mass is 423 g/mol. The quantitative estimate of drug-likeness (QED) is 0.540. The van der Waals surface area contributed by atoms with Crippen LogP contribution >= 0.6 is 35.1 Å². The summed E-state index contributed by atoms with van der Waals surface area (Å²) in [5, 5.41) is 2.83. The van der Waals surface area contributed by atoms with E-state index in [-0.39, 0.29) is 18.3 Å². The molecule has 1 amide bonds. The van der Waals surface area contributed by atoms with Crippen LogP contribution in [0.4, 0.5) is 5.13 Å². The molecule has 146 valence electrons. The van der Waals surface area contributed by atoms with Gasteiger partial charge in [0.05, 0.1) is 16.6 Å². The fourth-order valence-corrected chi connectivity index (χ4v) is 4.88. The zero-order valence-corrected chi connectivity index (χ0v) is 18.6. The molecule has 0 fully saturated rings. The van der Waals surface area contributed by atoms with Crippen molar-refractivity contribution in [1.82, 2.24) is 9.88 Å². The van der Waals surface area contributed by atoms with Crippen molar-refractivity contribution >= 4 is 56.3 Å². The summed E-state index contributed by atoms with van der Waals surface area (Å²) in [4.78, 5) is 22.9. The summed E-state index contributed by atoms with van der Waals surface area (Å²) in [6.45, 7) is 5.83. The number of anilines is 1. The molecule has 0 radical (unpaired) electrons. The molecular formula is C20H26ClN3OS2. The molecule has 0 saturated heterocycles. The number of hydrogen-bond acceptors (Lipinski definition) is 5. The third-order valence-corrected chi connectivity index (χ3v) is 6.14. The van der Waals surface area contributed by atoms with Gasteiger partial charge in [0.2, 0.25) is 5.91 Å². The van der Waals surface area contributed by atoms with E-state index in [4.69, 9.17) is 4.98 Å². The van der Waals surface area contributed by atoms with Crippen molar-refractivity contribution in [2.24, 2.45) is 0 Å². The first-order valence-corrected chi connectivity index (χ1v) is 10.5. The van der Waals surface area contributed by atoms with E-state index in [2.05, 4.69) is 45.0 Å². The Kier molecular flexibility index (Phi) is 7.79. The molecule has 0 aliphatic rings. The minimum atomic E-state index is 0. The van der Waals surface area contributed by atoms with Gasteiger partial charge in [0, 0.05) is 11.4 Å². The third kappa shape index (κ3) is 5.51. The molecule has 3 rings (SSSR count). The Morgan fingerprint density at radius 2 is 1.96 bits per heavy atom. The summed E-state index contributed by atoms with van der Waals surface area (Å²) < 4.78 is 1.15. The Bertz CT molecular complexity index is 890. The average molecular weight is 424 g/mol. The van der Waals surface area contributed by atoms with Crippen molar-refractivity contribution in [1.29, 1.82) is 0 Å². The standard InChI is InChI=1S/C20H25N3OS2.ClH/c1-14-11-15(2)19-17(12-14)26-20(21-19)23(9-6-8-22(3)4)18(24)13-16-7-5-10-25-16;/h5,7,10-12H,6,8-9,13H2,1-4H3;1H. The van der Waals surface area contributed by atoms with Crippen LogP contribution in [0.2, 0.25) is 0 Å². The number of carbonyl (C=O) groups excluding carboxylic acids is 1. The van der Waals surface area contributed by atoms with Gasteiger partial charge < -0.3 is 4.90 Å². The highest BCUT2D eigenvalue weighted by Gasteiger charge is 2.21. The van der Waals surface area contributed by atoms with Crippen molar-refractivity contribution in [3.05, 3.63) is 45.6 Å². The number of fused-ring (bicyclic) bond motifs is 1. The molecule has 0 aliphatic carbocycles. The first-order valence-electron chi connectivity index (χ1n) is 8.79. The van der Waals surface area contributed by atoms with Crippen LogP contribution in [-0.2, 0) is 11.2 Å². The zero-order chi connectivity index (χ0) is 18.7. The van der Waals surface area contributed by atoms with E-state index in [0.29, 0.717) is 13.0 Å². The molecule has 0 N–H and O–H groups in total. The number of carbonyl (C=O) groups is 1. The lowest BCUT2D eigenvalue weighted by molar-refractivity contribution is -0.118. The summed E-state index contributed by atoms with van der Waals surface area (Å²) in [6.07, 6.45) is 1.37. The second kappa shape index (κ2) is 9.64. The van der Waals surface area contributed by atoms with Gasteiger partial charge in [-0.25, -0.2) is 4.98 Å². The van der Waals surface area contributed by atoms with Crippen molar-refractivity contribution in [2.75, 3.05) is 32.1 Å². The van der Waals surface area contributed by atoms with Crippen molar-refractivity contribution < 1.29 is 4.79 Å². The Morgan fingerprint density at radius 3 is 2.63 bits per heavy atom. The molecule has 3 aromatic rings. The van der Waals surface area contributed by atoms with Gasteiger partial charge in [-0.2, -0.15) is 0 Å². The van der Waals surface area contributed by atoms with E-state index in [9.17, 15) is 4.79 Å². The highest BCUT2D eigenvalue weighted by molar-refractivity contribution is 7.22. The highest BCUT2D eigenvalue weighted by Crippen LogP contribution is 2.32. The number of rotatable bonds is 7. The molecular weight excluding hydrogens is 398 g/mol. The van der Waals surface area contributed by atoms with Gasteiger partial charge in [0.1, 0.15) is 0 Å². The Labute approximate surface area is 175 Å². The van der Waals surface area contributed by atoms with E-state index >= 15 is 0 Å². The number of thiazole rings is 1. The predicted octanol–water partition coefficient (Wildman–Crippen LogP) is 4.92. The molecule has 0 saturated carbocycles. The molecule has 4 nitrogen and oxygen atoms in total. The lowest BCUT2D eigenvalue weighted by Crippen LogP contribution is -2.34. The lowest BCUT2D eigenvalue weighted by atomic mass is 10.1. The van der Waals surface area contributed by atoms with Crippen molar-refractivity contribution in [3.63, 3.8) is 0 Å². The van der Waals surface area contributed by atoms with Gasteiger partial charge in [0.25, 0.3) is 0 Å². The normalized spacial score (nSPS) is 11.0. The summed E-state index contributed by atoms with van der Waals surface area (Å²) >= 11 is 3.25. The molecule has 2 heterocycles. The summed E-state index contributed by atoms with van der Waals surface area (Å²) in [5.41, 5.74) is 3.41. The molecule has 1 aromatic carbocycles. The SMILES string of the molecule is Cc1cc(C)c2nc(N(CCCN(C)C)C(=O)Cc3cccs3)sc2c1.Cl. The first-order chi connectivity index (χ1) is 12.4. The summed E-state index contributed by atoms with van der Waals surface area (Å²) in [7, 11) is 4.11. The fraction of sp³-hybridized carbons (Fsp3) is 0.400. The van der Waals surface area contributed by atoms with Gasteiger partial charge in [-0.3, -0.25) is 9.69 Å². The van der Waals surface area contributed by atoms with Crippen LogP contribution in [0.25, 0.3) is 10.2 Å². The van der Waals surface area contributed by atoms with Crippen LogP contribution in [0, 0.1) is 13.8 Å². The minimum Gasteiger partial charge on any atom is -0.309 e. The second-order valence-corrected chi connectivity index (χ2v) is 8.92. The van der Waals surface area contributed by atoms with Crippen LogP contribution < -0.4 is 4.90 Å². The fourth-order valence-electron chi connectivity index (χ4n) is 3.00. The predicted molar refractivity (Wildman–Crippen MR) is 120 cm³/mol. The van der Waals surface area contributed by atoms with Gasteiger partial charge in [-0.1, -0.05) is 23.5 Å². The Balaban J connectivity index is 0.00000261. The number of halogens is 1. The smallest absolute Gasteiger partial charge is 0.234 e. The third-order valence-electron chi connectivity index (χ3n) is 4.24. The summed E-state index contributed by atoms with van der Waals surface area (Å²) in [6, 6.07) is 8.32. The topological polar surface area (TPSA) is 36.4 Å². The number of amides is 1. The highest BCUT2D eigenvalue weighted by atomic mass is 35.5. The second-order valence-electron chi connectivity index (χ2n) is 6.88. The van der Waals surface area contributed by atoms with Gasteiger partial charge in [-0.05, 0) is 69.5 Å². The van der Waals surface area contributed by atoms with Crippen LogP contribution in [0.1, 0.15) is 22.4 Å². The lowest BCUT2D eigenvalue weighted by Gasteiger charge is -2.20. The van der Waals surface area contributed by atoms with Crippen LogP contribution in [0.15, 0.2) is 29.6 Å². The van der Waals surface area contributed by atoms with E-state index in [1.165, 1.54) is 11.1 Å². The van der Waals surface area contributed by atoms with Crippen LogP contribution in [0.3, 0.4) is 0 Å². The van der Waals surface area contributed by atoms with E-state index in [1.807, 2.05) is 22.4 Å². The maximum atomic E-state index is 13.0. The van der Waals surface area contributed by atoms with Gasteiger partial charge >= 0.3 is 0 Å². The number of thiophene rings is 1. The summed E-state index contributed by atoms with van der Waals surface area (Å²) in [5.74, 6) is 0.125. The number of nitrogens with zero attached hydrogens (tertiary/aromatic N) is 3. The van der Waals surface area contributed by atoms with E-state index < -0.39 is 0 Å². The van der Waals surface area contributed by atoms with E-state index in [1.54, 1.807) is 22.7 Å². The number of benzene rings is 1. The molecule has 7 heteroatoms. The number of hydrogen-bond donors (Lipinski definition) is 0. The van der Waals surface area contributed by atoms with Gasteiger partial charge in [-0.15, -0.1) is 23.7 Å². The maximum Gasteiger partial charge on any atom is 0.234 e. The first kappa shape index (κ1) is 21.8. The molecule has 2 aromatic heterocycles. The molecule has 27 heavy (non-hydrogen) atoms. The minimum absolute atomic E-state index is 0.